The molecule has 0 aromatic carbocycles. The number of aromatic nitrogens is 2. The van der Waals surface area contributed by atoms with E-state index in [0.717, 1.165) is 26.2 Å². The minimum atomic E-state index is 0.596. The van der Waals surface area contributed by atoms with Gasteiger partial charge in [-0.2, -0.15) is 5.10 Å². The standard InChI is InChI=1S/C14H20N4/c1-11-8-16-18-5-3-13(7-14(11)18)10-17-6-4-15-12(2)9-17/h3,5,7-8,12,15H,4,6,9-10H2,1-2H3/t12-/m0/s1. The van der Waals surface area contributed by atoms with E-state index >= 15 is 0 Å². The number of hydrogen-bond acceptors (Lipinski definition) is 3. The number of piperazine rings is 1. The molecule has 0 unspecified atom stereocenters. The molecule has 18 heavy (non-hydrogen) atoms. The largest absolute Gasteiger partial charge is 0.312 e. The molecule has 1 aliphatic rings. The maximum atomic E-state index is 4.31. The average Bonchev–Trinajstić information content (AvgIpc) is 2.71. The summed E-state index contributed by atoms with van der Waals surface area (Å²) in [6, 6.07) is 5.03. The lowest BCUT2D eigenvalue weighted by Crippen LogP contribution is -2.48. The molecule has 0 amide bonds. The van der Waals surface area contributed by atoms with Gasteiger partial charge >= 0.3 is 0 Å². The average molecular weight is 244 g/mol. The Morgan fingerprint density at radius 2 is 2.39 bits per heavy atom. The molecule has 3 rings (SSSR count). The van der Waals surface area contributed by atoms with Gasteiger partial charge in [-0.1, -0.05) is 0 Å². The predicted octanol–water partition coefficient (Wildman–Crippen LogP) is 1.44. The maximum absolute atomic E-state index is 4.31. The van der Waals surface area contributed by atoms with Gasteiger partial charge in [0.1, 0.15) is 0 Å². The van der Waals surface area contributed by atoms with Crippen LogP contribution >= 0.6 is 0 Å². The first-order valence-corrected chi connectivity index (χ1v) is 6.61. The Morgan fingerprint density at radius 1 is 1.50 bits per heavy atom. The third kappa shape index (κ3) is 2.26. The molecule has 1 aliphatic heterocycles. The fraction of sp³-hybridized carbons (Fsp3) is 0.500. The van der Waals surface area contributed by atoms with Crippen molar-refractivity contribution < 1.29 is 0 Å². The number of aryl methyl sites for hydroxylation is 1. The number of nitrogens with zero attached hydrogens (tertiary/aromatic N) is 3. The molecule has 1 N–H and O–H groups in total. The highest BCUT2D eigenvalue weighted by Gasteiger charge is 2.15. The lowest BCUT2D eigenvalue weighted by Gasteiger charge is -2.31. The molecule has 1 atom stereocenters. The maximum Gasteiger partial charge on any atom is 0.0693 e. The molecule has 3 heterocycles. The molecule has 0 aliphatic carbocycles. The normalized spacial score (nSPS) is 21.6. The van der Waals surface area contributed by atoms with E-state index in [4.69, 9.17) is 0 Å². The zero-order valence-electron chi connectivity index (χ0n) is 11.1. The van der Waals surface area contributed by atoms with Gasteiger partial charge in [0.25, 0.3) is 0 Å². The molecular formula is C14H20N4. The summed E-state index contributed by atoms with van der Waals surface area (Å²) in [4.78, 5) is 2.51. The Labute approximate surface area is 108 Å². The Morgan fingerprint density at radius 3 is 3.22 bits per heavy atom. The van der Waals surface area contributed by atoms with Gasteiger partial charge in [-0.3, -0.25) is 4.90 Å². The summed E-state index contributed by atoms with van der Waals surface area (Å²) in [5.41, 5.74) is 3.83. The van der Waals surface area contributed by atoms with Crippen LogP contribution in [0.3, 0.4) is 0 Å². The summed E-state index contributed by atoms with van der Waals surface area (Å²) in [7, 11) is 0. The van der Waals surface area contributed by atoms with Gasteiger partial charge in [0.2, 0.25) is 0 Å². The van der Waals surface area contributed by atoms with Crippen molar-refractivity contribution in [2.75, 3.05) is 19.6 Å². The van der Waals surface area contributed by atoms with Gasteiger partial charge < -0.3 is 5.32 Å². The summed E-state index contributed by atoms with van der Waals surface area (Å²) < 4.78 is 1.94. The Bertz CT molecular complexity index is 546. The highest BCUT2D eigenvalue weighted by atomic mass is 15.2. The molecule has 0 radical (unpaired) electrons. The first-order valence-electron chi connectivity index (χ1n) is 6.61. The zero-order valence-corrected chi connectivity index (χ0v) is 11.1. The summed E-state index contributed by atoms with van der Waals surface area (Å²) in [5, 5.41) is 7.79. The van der Waals surface area contributed by atoms with Crippen molar-refractivity contribution in [2.24, 2.45) is 0 Å². The van der Waals surface area contributed by atoms with Crippen molar-refractivity contribution in [1.82, 2.24) is 19.8 Å². The zero-order chi connectivity index (χ0) is 12.5. The molecule has 4 nitrogen and oxygen atoms in total. The first-order chi connectivity index (χ1) is 8.72. The van der Waals surface area contributed by atoms with Crippen LogP contribution in [-0.2, 0) is 6.54 Å². The van der Waals surface area contributed by atoms with Crippen LogP contribution in [0.5, 0.6) is 0 Å². The summed E-state index contributed by atoms with van der Waals surface area (Å²) >= 11 is 0. The fourth-order valence-corrected chi connectivity index (χ4v) is 2.66. The van der Waals surface area contributed by atoms with Crippen molar-refractivity contribution in [2.45, 2.75) is 26.4 Å². The monoisotopic (exact) mass is 244 g/mol. The molecular weight excluding hydrogens is 224 g/mol. The van der Waals surface area contributed by atoms with Crippen molar-refractivity contribution >= 4 is 5.52 Å². The summed E-state index contributed by atoms with van der Waals surface area (Å²) in [6.45, 7) is 8.74. The van der Waals surface area contributed by atoms with Crippen LogP contribution in [0, 0.1) is 6.92 Å². The highest BCUT2D eigenvalue weighted by molar-refractivity contribution is 5.54. The second-order valence-electron chi connectivity index (χ2n) is 5.28. The van der Waals surface area contributed by atoms with Gasteiger partial charge in [-0.25, -0.2) is 4.52 Å². The van der Waals surface area contributed by atoms with Crippen LogP contribution in [0.15, 0.2) is 24.5 Å². The SMILES string of the molecule is Cc1cnn2ccc(CN3CCN[C@@H](C)C3)cc12. The Hall–Kier alpha value is -1.39. The quantitative estimate of drug-likeness (QED) is 0.867. The first kappa shape index (κ1) is 11.7. The number of rotatable bonds is 2. The van der Waals surface area contributed by atoms with Gasteiger partial charge in [0, 0.05) is 38.4 Å². The van der Waals surface area contributed by atoms with Crippen LogP contribution < -0.4 is 5.32 Å². The molecule has 96 valence electrons. The van der Waals surface area contributed by atoms with E-state index in [9.17, 15) is 0 Å². The Balaban J connectivity index is 1.79. The number of nitrogens with one attached hydrogen (secondary N) is 1. The third-order valence-corrected chi connectivity index (χ3v) is 3.64. The third-order valence-electron chi connectivity index (χ3n) is 3.64. The molecule has 2 aromatic rings. The van der Waals surface area contributed by atoms with Crippen molar-refractivity contribution in [3.05, 3.63) is 35.7 Å². The highest BCUT2D eigenvalue weighted by Crippen LogP contribution is 2.14. The molecule has 0 spiro atoms. The molecule has 4 heteroatoms. The van der Waals surface area contributed by atoms with Crippen LogP contribution in [0.4, 0.5) is 0 Å². The molecule has 0 bridgehead atoms. The molecule has 1 saturated heterocycles. The van der Waals surface area contributed by atoms with E-state index in [1.54, 1.807) is 0 Å². The number of pyridine rings is 1. The van der Waals surface area contributed by atoms with E-state index in [1.807, 2.05) is 10.7 Å². The van der Waals surface area contributed by atoms with E-state index < -0.39 is 0 Å². The van der Waals surface area contributed by atoms with Crippen LogP contribution in [0.2, 0.25) is 0 Å². The minimum absolute atomic E-state index is 0.596. The fourth-order valence-electron chi connectivity index (χ4n) is 2.66. The lowest BCUT2D eigenvalue weighted by molar-refractivity contribution is 0.199. The molecule has 2 aromatic heterocycles. The topological polar surface area (TPSA) is 32.6 Å². The molecule has 0 saturated carbocycles. The van der Waals surface area contributed by atoms with Crippen molar-refractivity contribution in [3.8, 4) is 0 Å². The van der Waals surface area contributed by atoms with Crippen LogP contribution in [-0.4, -0.2) is 40.2 Å². The van der Waals surface area contributed by atoms with E-state index in [1.165, 1.54) is 16.6 Å². The van der Waals surface area contributed by atoms with E-state index in [0.29, 0.717) is 6.04 Å². The minimum Gasteiger partial charge on any atom is -0.312 e. The smallest absolute Gasteiger partial charge is 0.0693 e. The van der Waals surface area contributed by atoms with Crippen LogP contribution in [0.25, 0.3) is 5.52 Å². The number of fused-ring (bicyclic) bond motifs is 1. The van der Waals surface area contributed by atoms with E-state index in [-0.39, 0.29) is 0 Å². The summed E-state index contributed by atoms with van der Waals surface area (Å²) in [6.07, 6.45) is 3.98. The van der Waals surface area contributed by atoms with Crippen LogP contribution in [0.1, 0.15) is 18.1 Å². The predicted molar refractivity (Wildman–Crippen MR) is 72.7 cm³/mol. The van der Waals surface area contributed by atoms with Gasteiger partial charge in [0.15, 0.2) is 0 Å². The number of hydrogen-bond donors (Lipinski definition) is 1. The summed E-state index contributed by atoms with van der Waals surface area (Å²) in [5.74, 6) is 0. The van der Waals surface area contributed by atoms with Crippen molar-refractivity contribution in [1.29, 1.82) is 0 Å². The molecule has 1 fully saturated rings. The second-order valence-corrected chi connectivity index (χ2v) is 5.28. The second kappa shape index (κ2) is 4.71. The lowest BCUT2D eigenvalue weighted by atomic mass is 10.1. The van der Waals surface area contributed by atoms with Crippen molar-refractivity contribution in [3.63, 3.8) is 0 Å². The van der Waals surface area contributed by atoms with E-state index in [2.05, 4.69) is 47.5 Å². The Kier molecular flexibility index (Phi) is 3.06. The van der Waals surface area contributed by atoms with Gasteiger partial charge in [0.05, 0.1) is 11.7 Å². The van der Waals surface area contributed by atoms with Gasteiger partial charge in [-0.15, -0.1) is 0 Å². The van der Waals surface area contributed by atoms with Gasteiger partial charge in [-0.05, 0) is 37.1 Å².